The molecule has 0 aliphatic rings. The molecule has 142 valence electrons. The summed E-state index contributed by atoms with van der Waals surface area (Å²) in [5.74, 6) is -2.92. The number of hydrogen-bond donors (Lipinski definition) is 2. The summed E-state index contributed by atoms with van der Waals surface area (Å²) in [6, 6.07) is 8.41. The molecule has 0 saturated heterocycles. The zero-order valence-corrected chi connectivity index (χ0v) is 14.1. The van der Waals surface area contributed by atoms with Crippen LogP contribution in [0.2, 0.25) is 0 Å². The lowest BCUT2D eigenvalue weighted by molar-refractivity contribution is 0.0729. The first-order chi connectivity index (χ1) is 13.3. The summed E-state index contributed by atoms with van der Waals surface area (Å²) >= 11 is 0. The Bertz CT molecular complexity index is 1060. The van der Waals surface area contributed by atoms with Crippen molar-refractivity contribution in [2.45, 2.75) is 0 Å². The van der Waals surface area contributed by atoms with Crippen molar-refractivity contribution < 1.29 is 27.9 Å². The number of rotatable bonds is 4. The number of nitrogens with one attached hydrogen (secondary N) is 1. The van der Waals surface area contributed by atoms with Crippen LogP contribution in [0.1, 0.15) is 20.8 Å². The van der Waals surface area contributed by atoms with Crippen molar-refractivity contribution in [3.05, 3.63) is 77.6 Å². The maximum absolute atomic E-state index is 13.3. The van der Waals surface area contributed by atoms with Crippen molar-refractivity contribution in [2.75, 3.05) is 5.32 Å². The average Bonchev–Trinajstić information content (AvgIpc) is 3.08. The molecule has 0 aliphatic carbocycles. The molecule has 0 radical (unpaired) electrons. The Morgan fingerprint density at radius 3 is 2.39 bits per heavy atom. The van der Waals surface area contributed by atoms with E-state index in [0.717, 1.165) is 30.5 Å². The highest BCUT2D eigenvalue weighted by Crippen LogP contribution is 2.19. The maximum Gasteiger partial charge on any atom is 0.366 e. The van der Waals surface area contributed by atoms with Gasteiger partial charge in [0.25, 0.3) is 5.91 Å². The van der Waals surface area contributed by atoms with Crippen LogP contribution in [0.5, 0.6) is 5.75 Å². The van der Waals surface area contributed by atoms with E-state index < -0.39 is 35.2 Å². The van der Waals surface area contributed by atoms with Gasteiger partial charge in [0.05, 0.1) is 11.9 Å². The molecule has 10 heteroatoms. The minimum atomic E-state index is -1.03. The highest BCUT2D eigenvalue weighted by molar-refractivity contribution is 6.07. The van der Waals surface area contributed by atoms with Crippen molar-refractivity contribution in [3.8, 4) is 5.75 Å². The fourth-order valence-corrected chi connectivity index (χ4v) is 2.21. The van der Waals surface area contributed by atoms with Crippen LogP contribution in [0.3, 0.4) is 0 Å². The minimum Gasteiger partial charge on any atom is -0.422 e. The normalized spacial score (nSPS) is 10.4. The highest BCUT2D eigenvalue weighted by Gasteiger charge is 2.23. The minimum absolute atomic E-state index is 0.0161. The number of anilines is 1. The van der Waals surface area contributed by atoms with Gasteiger partial charge in [-0.15, -0.1) is 0 Å². The molecule has 0 fully saturated rings. The van der Waals surface area contributed by atoms with E-state index in [1.165, 1.54) is 24.3 Å². The molecule has 3 rings (SSSR count). The number of benzene rings is 2. The summed E-state index contributed by atoms with van der Waals surface area (Å²) in [5.41, 5.74) is 4.51. The standard InChI is InChI=1S/C18H12F2N4O4/c19-11-4-6-13(7-5-11)28-17(26)15-14(9-24(23-15)18(21)27)22-16(25)10-2-1-3-12(20)8-10/h1-9H,(H2,21,27)(H,22,25). The molecule has 28 heavy (non-hydrogen) atoms. The quantitative estimate of drug-likeness (QED) is 0.528. The molecule has 0 saturated carbocycles. The number of amides is 2. The predicted molar refractivity (Wildman–Crippen MR) is 92.9 cm³/mol. The molecular weight excluding hydrogens is 374 g/mol. The van der Waals surface area contributed by atoms with Gasteiger partial charge in [0, 0.05) is 5.56 Å². The Morgan fingerprint density at radius 2 is 1.75 bits per heavy atom. The van der Waals surface area contributed by atoms with Crippen LogP contribution in [-0.2, 0) is 0 Å². The first-order valence-corrected chi connectivity index (χ1v) is 7.77. The molecule has 0 aliphatic heterocycles. The Kier molecular flexibility index (Phi) is 5.12. The molecule has 0 spiro atoms. The Balaban J connectivity index is 1.88. The number of ether oxygens (including phenoxy) is 1. The van der Waals surface area contributed by atoms with Gasteiger partial charge in [0.2, 0.25) is 0 Å². The number of nitrogens with zero attached hydrogens (tertiary/aromatic N) is 2. The van der Waals surface area contributed by atoms with E-state index in [1.54, 1.807) is 0 Å². The molecule has 0 unspecified atom stereocenters. The number of halogens is 2. The third-order valence-electron chi connectivity index (χ3n) is 3.49. The van der Waals surface area contributed by atoms with Crippen molar-refractivity contribution in [3.63, 3.8) is 0 Å². The molecule has 2 amide bonds. The van der Waals surface area contributed by atoms with Crippen LogP contribution in [0.4, 0.5) is 19.3 Å². The summed E-state index contributed by atoms with van der Waals surface area (Å²) < 4.78 is 31.9. The van der Waals surface area contributed by atoms with Crippen LogP contribution in [0.25, 0.3) is 0 Å². The Hall–Kier alpha value is -4.08. The second-order valence-electron chi connectivity index (χ2n) is 5.48. The fraction of sp³-hybridized carbons (Fsp3) is 0. The average molecular weight is 386 g/mol. The van der Waals surface area contributed by atoms with Gasteiger partial charge in [-0.2, -0.15) is 9.78 Å². The van der Waals surface area contributed by atoms with Crippen molar-refractivity contribution >= 4 is 23.6 Å². The van der Waals surface area contributed by atoms with Crippen molar-refractivity contribution in [1.29, 1.82) is 0 Å². The Morgan fingerprint density at radius 1 is 1.04 bits per heavy atom. The topological polar surface area (TPSA) is 116 Å². The second-order valence-corrected chi connectivity index (χ2v) is 5.48. The molecule has 3 aromatic rings. The van der Waals surface area contributed by atoms with Crippen LogP contribution >= 0.6 is 0 Å². The lowest BCUT2D eigenvalue weighted by Gasteiger charge is -2.06. The predicted octanol–water partition coefficient (Wildman–Crippen LogP) is 2.56. The van der Waals surface area contributed by atoms with Crippen molar-refractivity contribution in [1.82, 2.24) is 9.78 Å². The number of nitrogens with two attached hydrogens (primary N) is 1. The van der Waals surface area contributed by atoms with Gasteiger partial charge < -0.3 is 15.8 Å². The summed E-state index contributed by atoms with van der Waals surface area (Å²) in [6.07, 6.45) is 1.01. The second kappa shape index (κ2) is 7.66. The lowest BCUT2D eigenvalue weighted by Crippen LogP contribution is -2.21. The molecule has 0 bridgehead atoms. The summed E-state index contributed by atoms with van der Waals surface area (Å²) in [7, 11) is 0. The number of primary amides is 1. The van der Waals surface area contributed by atoms with Gasteiger partial charge in [0.15, 0.2) is 5.69 Å². The summed E-state index contributed by atoms with van der Waals surface area (Å²) in [4.78, 5) is 36.0. The van der Waals surface area contributed by atoms with Gasteiger partial charge in [-0.3, -0.25) is 4.79 Å². The monoisotopic (exact) mass is 386 g/mol. The smallest absolute Gasteiger partial charge is 0.366 e. The van der Waals surface area contributed by atoms with Gasteiger partial charge in [-0.05, 0) is 42.5 Å². The van der Waals surface area contributed by atoms with Crippen LogP contribution in [0.15, 0.2) is 54.7 Å². The number of esters is 1. The van der Waals surface area contributed by atoms with Gasteiger partial charge in [0.1, 0.15) is 17.4 Å². The van der Waals surface area contributed by atoms with Crippen LogP contribution < -0.4 is 15.8 Å². The van der Waals surface area contributed by atoms with E-state index in [4.69, 9.17) is 10.5 Å². The van der Waals surface area contributed by atoms with Crippen molar-refractivity contribution in [2.24, 2.45) is 5.73 Å². The summed E-state index contributed by atoms with van der Waals surface area (Å²) in [6.45, 7) is 0. The van der Waals surface area contributed by atoms with E-state index in [1.807, 2.05) is 0 Å². The number of aromatic nitrogens is 2. The third kappa shape index (κ3) is 4.18. The fourth-order valence-electron chi connectivity index (χ4n) is 2.21. The first-order valence-electron chi connectivity index (χ1n) is 7.77. The molecular formula is C18H12F2N4O4. The van der Waals surface area contributed by atoms with Gasteiger partial charge in [-0.25, -0.2) is 18.4 Å². The SMILES string of the molecule is NC(=O)n1cc(NC(=O)c2cccc(F)c2)c(C(=O)Oc2ccc(F)cc2)n1. The Labute approximate surface area is 156 Å². The lowest BCUT2D eigenvalue weighted by atomic mass is 10.2. The van der Waals surface area contributed by atoms with Crippen LogP contribution in [-0.4, -0.2) is 27.7 Å². The number of carbonyl (C=O) groups excluding carboxylic acids is 3. The zero-order valence-electron chi connectivity index (χ0n) is 14.1. The van der Waals surface area contributed by atoms with E-state index in [9.17, 15) is 23.2 Å². The molecule has 1 heterocycles. The number of hydrogen-bond acceptors (Lipinski definition) is 5. The van der Waals surface area contributed by atoms with Gasteiger partial charge in [-0.1, -0.05) is 6.07 Å². The summed E-state index contributed by atoms with van der Waals surface area (Å²) in [5, 5.41) is 6.04. The van der Waals surface area contributed by atoms with E-state index >= 15 is 0 Å². The highest BCUT2D eigenvalue weighted by atomic mass is 19.1. The molecule has 1 aromatic heterocycles. The third-order valence-corrected chi connectivity index (χ3v) is 3.49. The maximum atomic E-state index is 13.3. The molecule has 2 aromatic carbocycles. The van der Waals surface area contributed by atoms with E-state index in [-0.39, 0.29) is 17.0 Å². The molecule has 0 atom stereocenters. The van der Waals surface area contributed by atoms with E-state index in [0.29, 0.717) is 4.68 Å². The first kappa shape index (κ1) is 18.7. The zero-order chi connectivity index (χ0) is 20.3. The van der Waals surface area contributed by atoms with E-state index in [2.05, 4.69) is 10.4 Å². The number of carbonyl (C=O) groups is 3. The van der Waals surface area contributed by atoms with Crippen LogP contribution in [0, 0.1) is 11.6 Å². The molecule has 8 nitrogen and oxygen atoms in total. The van der Waals surface area contributed by atoms with Gasteiger partial charge >= 0.3 is 12.0 Å². The largest absolute Gasteiger partial charge is 0.422 e. The molecule has 3 N–H and O–H groups in total.